The summed E-state index contributed by atoms with van der Waals surface area (Å²) in [6, 6.07) is 10.5. The Kier molecular flexibility index (Phi) is 7.77. The molecule has 0 radical (unpaired) electrons. The number of nitriles is 1. The molecule has 42 heavy (non-hydrogen) atoms. The molecule has 3 heterocycles. The van der Waals surface area contributed by atoms with Crippen molar-refractivity contribution >= 4 is 34.1 Å². The molecule has 0 aliphatic heterocycles. The van der Waals surface area contributed by atoms with Crippen LogP contribution in [-0.2, 0) is 13.1 Å². The molecule has 0 saturated carbocycles. The van der Waals surface area contributed by atoms with Gasteiger partial charge in [0.05, 0.1) is 46.3 Å². The van der Waals surface area contributed by atoms with Crippen molar-refractivity contribution in [1.82, 2.24) is 18.7 Å². The molecule has 0 spiro atoms. The molecule has 0 amide bonds. The molecular formula is C29H18Cl2F3N5O3. The third-order valence-electron chi connectivity index (χ3n) is 6.56. The molecule has 0 atom stereocenters. The first-order valence-electron chi connectivity index (χ1n) is 12.4. The van der Waals surface area contributed by atoms with Gasteiger partial charge in [-0.15, -0.1) is 0 Å². The summed E-state index contributed by atoms with van der Waals surface area (Å²) in [5, 5.41) is 9.32. The summed E-state index contributed by atoms with van der Waals surface area (Å²) in [6.07, 6.45) is 2.93. The highest BCUT2D eigenvalue weighted by Gasteiger charge is 2.23. The van der Waals surface area contributed by atoms with Gasteiger partial charge >= 0.3 is 5.69 Å². The number of fused-ring (bicyclic) bond motifs is 1. The van der Waals surface area contributed by atoms with Gasteiger partial charge in [0.2, 0.25) is 0 Å². The minimum Gasteiger partial charge on any atom is -0.307 e. The molecule has 0 aliphatic carbocycles. The summed E-state index contributed by atoms with van der Waals surface area (Å²) < 4.78 is 44.9. The van der Waals surface area contributed by atoms with Crippen LogP contribution in [0, 0.1) is 28.8 Å². The molecule has 0 unspecified atom stereocenters. The van der Waals surface area contributed by atoms with E-state index >= 15 is 0 Å². The third kappa shape index (κ3) is 5.00. The molecule has 0 bridgehead atoms. The largest absolute Gasteiger partial charge is 0.336 e. The van der Waals surface area contributed by atoms with Crippen LogP contribution in [0.25, 0.3) is 27.8 Å². The molecule has 212 valence electrons. The van der Waals surface area contributed by atoms with Crippen LogP contribution in [0.5, 0.6) is 0 Å². The van der Waals surface area contributed by atoms with Crippen LogP contribution in [0.4, 0.5) is 13.2 Å². The lowest BCUT2D eigenvalue weighted by atomic mass is 10.1. The highest BCUT2D eigenvalue weighted by molar-refractivity contribution is 6.33. The first kappa shape index (κ1) is 28.9. The smallest absolute Gasteiger partial charge is 0.307 e. The lowest BCUT2D eigenvalue weighted by Crippen LogP contribution is -2.42. The second-order valence-electron chi connectivity index (χ2n) is 9.30. The Morgan fingerprint density at radius 1 is 0.929 bits per heavy atom. The van der Waals surface area contributed by atoms with E-state index in [1.165, 1.54) is 47.3 Å². The van der Waals surface area contributed by atoms with Gasteiger partial charge in [-0.2, -0.15) is 5.26 Å². The average Bonchev–Trinajstić information content (AvgIpc) is 2.95. The molecule has 2 aromatic carbocycles. The quantitative estimate of drug-likeness (QED) is 0.238. The minimum atomic E-state index is -1.69. The zero-order valence-electron chi connectivity index (χ0n) is 21.7. The predicted molar refractivity (Wildman–Crippen MR) is 152 cm³/mol. The van der Waals surface area contributed by atoms with Crippen molar-refractivity contribution in [3.8, 4) is 23.0 Å². The summed E-state index contributed by atoms with van der Waals surface area (Å²) in [5.74, 6) is -4.66. The van der Waals surface area contributed by atoms with Crippen molar-refractivity contribution in [3.05, 3.63) is 125 Å². The van der Waals surface area contributed by atoms with Crippen LogP contribution in [0.15, 0.2) is 69.2 Å². The van der Waals surface area contributed by atoms with Gasteiger partial charge in [0, 0.05) is 23.3 Å². The highest BCUT2D eigenvalue weighted by atomic mass is 35.5. The van der Waals surface area contributed by atoms with Crippen LogP contribution in [0.1, 0.15) is 24.5 Å². The zero-order chi connectivity index (χ0) is 30.3. The van der Waals surface area contributed by atoms with E-state index in [0.29, 0.717) is 23.1 Å². The second kappa shape index (κ2) is 11.3. The van der Waals surface area contributed by atoms with Crippen molar-refractivity contribution < 1.29 is 13.2 Å². The number of benzene rings is 2. The van der Waals surface area contributed by atoms with Crippen LogP contribution < -0.4 is 16.8 Å². The fraction of sp³-hybridized carbons (Fsp3) is 0.138. The minimum absolute atomic E-state index is 0.0556. The van der Waals surface area contributed by atoms with Gasteiger partial charge in [-0.1, -0.05) is 30.1 Å². The Hall–Kier alpha value is -4.66. The van der Waals surface area contributed by atoms with Crippen LogP contribution in [0.3, 0.4) is 0 Å². The van der Waals surface area contributed by atoms with Crippen LogP contribution in [0.2, 0.25) is 10.0 Å². The molecule has 5 rings (SSSR count). The Morgan fingerprint density at radius 2 is 1.64 bits per heavy atom. The Bertz CT molecular complexity index is 2110. The maximum absolute atomic E-state index is 14.1. The number of nitrogens with zero attached hydrogens (tertiary/aromatic N) is 5. The Morgan fingerprint density at radius 3 is 2.29 bits per heavy atom. The predicted octanol–water partition coefficient (Wildman–Crippen LogP) is 5.43. The average molecular weight is 612 g/mol. The number of aromatic nitrogens is 4. The van der Waals surface area contributed by atoms with E-state index in [2.05, 4.69) is 4.98 Å². The molecule has 0 aliphatic rings. The van der Waals surface area contributed by atoms with E-state index in [1.54, 1.807) is 0 Å². The lowest BCUT2D eigenvalue weighted by Gasteiger charge is -2.19. The van der Waals surface area contributed by atoms with Gasteiger partial charge in [0.1, 0.15) is 5.39 Å². The first-order valence-corrected chi connectivity index (χ1v) is 13.2. The fourth-order valence-corrected chi connectivity index (χ4v) is 5.10. The van der Waals surface area contributed by atoms with E-state index < -0.39 is 46.2 Å². The normalized spacial score (nSPS) is 11.2. The molecule has 0 fully saturated rings. The fourth-order valence-electron chi connectivity index (χ4n) is 4.72. The number of hydrogen-bond donors (Lipinski definition) is 0. The number of halogens is 5. The van der Waals surface area contributed by atoms with Crippen LogP contribution in [-0.4, -0.2) is 18.7 Å². The van der Waals surface area contributed by atoms with E-state index in [0.717, 1.165) is 4.57 Å². The molecule has 8 nitrogen and oxygen atoms in total. The van der Waals surface area contributed by atoms with Gasteiger partial charge < -0.3 is 4.57 Å². The lowest BCUT2D eigenvalue weighted by molar-refractivity contribution is 0.444. The number of hydrogen-bond acceptors (Lipinski definition) is 5. The summed E-state index contributed by atoms with van der Waals surface area (Å²) in [4.78, 5) is 45.7. The van der Waals surface area contributed by atoms with Gasteiger partial charge in [-0.05, 0) is 54.4 Å². The summed E-state index contributed by atoms with van der Waals surface area (Å²) in [7, 11) is 0. The van der Waals surface area contributed by atoms with Crippen molar-refractivity contribution in [3.63, 3.8) is 0 Å². The summed E-state index contributed by atoms with van der Waals surface area (Å²) in [6.45, 7) is 1.39. The third-order valence-corrected chi connectivity index (χ3v) is 7.10. The van der Waals surface area contributed by atoms with Crippen LogP contribution >= 0.6 is 23.2 Å². The Balaban J connectivity index is 1.96. The van der Waals surface area contributed by atoms with E-state index in [-0.39, 0.29) is 50.2 Å². The molecule has 0 N–H and O–H groups in total. The molecular weight excluding hydrogens is 594 g/mol. The Labute approximate surface area is 245 Å². The van der Waals surface area contributed by atoms with Crippen molar-refractivity contribution in [2.45, 2.75) is 26.4 Å². The molecule has 0 saturated heterocycles. The second-order valence-corrected chi connectivity index (χ2v) is 10.1. The molecule has 13 heteroatoms. The number of pyridine rings is 2. The number of rotatable bonds is 6. The van der Waals surface area contributed by atoms with Gasteiger partial charge in [-0.25, -0.2) is 22.5 Å². The van der Waals surface area contributed by atoms with E-state index in [9.17, 15) is 32.8 Å². The highest BCUT2D eigenvalue weighted by Crippen LogP contribution is 2.30. The van der Waals surface area contributed by atoms with E-state index in [1.807, 2.05) is 13.0 Å². The van der Waals surface area contributed by atoms with E-state index in [4.69, 9.17) is 23.2 Å². The maximum atomic E-state index is 14.1. The topological polar surface area (TPSA) is 103 Å². The maximum Gasteiger partial charge on any atom is 0.336 e. The van der Waals surface area contributed by atoms with Crippen molar-refractivity contribution in [2.24, 2.45) is 0 Å². The zero-order valence-corrected chi connectivity index (χ0v) is 23.2. The van der Waals surface area contributed by atoms with Gasteiger partial charge in [0.15, 0.2) is 17.5 Å². The standard InChI is InChI=1S/C29H18Cl2F3N5O3/c1-2-5-37-23(19-6-15(11-35)3-4-20(19)31)10-24-25(27(37)40)28(41)39(18-9-17(30)12-36-13-18)29(42)38(24)14-16-7-21(32)26(34)22(33)8-16/h3-4,6-10,12-13H,2,5,14H2,1H3. The van der Waals surface area contributed by atoms with Crippen molar-refractivity contribution in [2.75, 3.05) is 0 Å². The first-order chi connectivity index (χ1) is 20.0. The summed E-state index contributed by atoms with van der Waals surface area (Å²) >= 11 is 12.5. The van der Waals surface area contributed by atoms with Gasteiger partial charge in [0.25, 0.3) is 11.1 Å². The summed E-state index contributed by atoms with van der Waals surface area (Å²) in [5.41, 5.74) is -2.42. The molecule has 5 aromatic rings. The SMILES string of the molecule is CCCn1c(-c2cc(C#N)ccc2Cl)cc2c(c1=O)c(=O)n(-c1cncc(Cl)c1)c(=O)n2Cc1cc(F)c(F)c(F)c1. The monoisotopic (exact) mass is 611 g/mol. The molecule has 3 aromatic heterocycles. The van der Waals surface area contributed by atoms with Crippen molar-refractivity contribution in [1.29, 1.82) is 5.26 Å². The van der Waals surface area contributed by atoms with Gasteiger partial charge in [-0.3, -0.25) is 19.1 Å².